The smallest absolute Gasteiger partial charge is 0.0628 e. The van der Waals surface area contributed by atoms with E-state index in [4.69, 9.17) is 5.73 Å². The van der Waals surface area contributed by atoms with Gasteiger partial charge in [0.05, 0.1) is 15.7 Å². The van der Waals surface area contributed by atoms with Gasteiger partial charge < -0.3 is 5.73 Å². The lowest BCUT2D eigenvalue weighted by Crippen LogP contribution is -2.02. The highest BCUT2D eigenvalue weighted by Gasteiger charge is 2.22. The highest BCUT2D eigenvalue weighted by molar-refractivity contribution is 9.10. The average Bonchev–Trinajstić information content (AvgIpc) is 3.02. The zero-order valence-electron chi connectivity index (χ0n) is 8.41. The molecule has 1 saturated carbocycles. The Hall–Kier alpha value is -0.350. The lowest BCUT2D eigenvalue weighted by molar-refractivity contribution is 0.676. The van der Waals surface area contributed by atoms with Crippen LogP contribution in [0.25, 0.3) is 0 Å². The molecule has 1 aliphatic rings. The molecule has 0 amide bonds. The van der Waals surface area contributed by atoms with Crippen molar-refractivity contribution in [3.8, 4) is 0 Å². The van der Waals surface area contributed by atoms with Crippen molar-refractivity contribution in [3.63, 3.8) is 0 Å². The fraction of sp³-hybridized carbons (Fsp3) is 0.455. The van der Waals surface area contributed by atoms with E-state index in [1.54, 1.807) is 6.07 Å². The van der Waals surface area contributed by atoms with E-state index in [0.29, 0.717) is 5.69 Å². The molecule has 0 radical (unpaired) electrons. The first-order chi connectivity index (χ1) is 7.16. The lowest BCUT2D eigenvalue weighted by atomic mass is 10.3. The van der Waals surface area contributed by atoms with Gasteiger partial charge in [-0.1, -0.05) is 28.8 Å². The fourth-order valence-corrected chi connectivity index (χ4v) is 3.36. The van der Waals surface area contributed by atoms with Gasteiger partial charge in [0.1, 0.15) is 0 Å². The van der Waals surface area contributed by atoms with Crippen LogP contribution in [0.3, 0.4) is 0 Å². The molecule has 0 bridgehead atoms. The summed E-state index contributed by atoms with van der Waals surface area (Å²) in [6, 6.07) is 5.53. The van der Waals surface area contributed by atoms with Crippen LogP contribution in [0.4, 0.5) is 5.69 Å². The van der Waals surface area contributed by atoms with Crippen molar-refractivity contribution in [2.24, 2.45) is 5.92 Å². The summed E-state index contributed by atoms with van der Waals surface area (Å²) in [6.07, 6.45) is 3.69. The van der Waals surface area contributed by atoms with Crippen molar-refractivity contribution in [3.05, 3.63) is 22.7 Å². The third-order valence-electron chi connectivity index (χ3n) is 2.63. The summed E-state index contributed by atoms with van der Waals surface area (Å²) in [5.74, 6) is 1.56. The third kappa shape index (κ3) is 3.05. The normalized spacial score (nSPS) is 17.7. The van der Waals surface area contributed by atoms with E-state index in [1.807, 2.05) is 12.1 Å². The molecule has 1 aliphatic carbocycles. The molecule has 0 spiro atoms. The number of anilines is 1. The van der Waals surface area contributed by atoms with Crippen LogP contribution < -0.4 is 5.73 Å². The van der Waals surface area contributed by atoms with Crippen molar-refractivity contribution in [1.29, 1.82) is 0 Å². The molecule has 1 fully saturated rings. The minimum absolute atomic E-state index is 0.632. The van der Waals surface area contributed by atoms with Gasteiger partial charge in [-0.05, 0) is 30.5 Å². The van der Waals surface area contributed by atoms with E-state index < -0.39 is 10.8 Å². The molecule has 2 nitrogen and oxygen atoms in total. The highest BCUT2D eigenvalue weighted by atomic mass is 79.9. The molecule has 0 aliphatic heterocycles. The summed E-state index contributed by atoms with van der Waals surface area (Å²) in [4.78, 5) is 0.769. The minimum Gasteiger partial charge on any atom is -0.398 e. The predicted molar refractivity (Wildman–Crippen MR) is 67.2 cm³/mol. The quantitative estimate of drug-likeness (QED) is 0.866. The van der Waals surface area contributed by atoms with E-state index in [1.165, 1.54) is 12.8 Å². The second-order valence-electron chi connectivity index (χ2n) is 3.96. The number of rotatable bonds is 4. The van der Waals surface area contributed by atoms with Crippen molar-refractivity contribution in [2.75, 3.05) is 11.5 Å². The number of halogens is 1. The van der Waals surface area contributed by atoms with Gasteiger partial charge in [0.15, 0.2) is 0 Å². The van der Waals surface area contributed by atoms with Crippen LogP contribution in [0, 0.1) is 5.92 Å². The summed E-state index contributed by atoms with van der Waals surface area (Å²) in [7, 11) is -0.941. The standard InChI is InChI=1S/C11H14BrNOS/c12-9-3-4-10(13)11(7-9)15(14)6-5-8-1-2-8/h3-4,7-8H,1-2,5-6,13H2. The molecule has 2 rings (SSSR count). The molecule has 0 saturated heterocycles. The van der Waals surface area contributed by atoms with Crippen LogP contribution in [0.2, 0.25) is 0 Å². The largest absolute Gasteiger partial charge is 0.398 e. The summed E-state index contributed by atoms with van der Waals surface area (Å²) in [5.41, 5.74) is 6.43. The zero-order chi connectivity index (χ0) is 10.8. The van der Waals surface area contributed by atoms with Crippen LogP contribution in [-0.4, -0.2) is 9.96 Å². The van der Waals surface area contributed by atoms with Crippen molar-refractivity contribution < 1.29 is 4.21 Å². The molecule has 15 heavy (non-hydrogen) atoms. The summed E-state index contributed by atoms with van der Waals surface area (Å²) < 4.78 is 12.9. The van der Waals surface area contributed by atoms with Crippen LogP contribution in [0.5, 0.6) is 0 Å². The predicted octanol–water partition coefficient (Wildman–Crippen LogP) is 2.94. The van der Waals surface area contributed by atoms with Gasteiger partial charge in [-0.15, -0.1) is 0 Å². The van der Waals surface area contributed by atoms with Gasteiger partial charge in [-0.2, -0.15) is 0 Å². The van der Waals surface area contributed by atoms with Crippen LogP contribution >= 0.6 is 15.9 Å². The molecular weight excluding hydrogens is 274 g/mol. The Morgan fingerprint density at radius 2 is 2.20 bits per heavy atom. The maximum atomic E-state index is 12.0. The van der Waals surface area contributed by atoms with Crippen molar-refractivity contribution >= 4 is 32.4 Å². The summed E-state index contributed by atoms with van der Waals surface area (Å²) >= 11 is 3.37. The minimum atomic E-state index is -0.941. The van der Waals surface area contributed by atoms with Crippen LogP contribution in [0.15, 0.2) is 27.6 Å². The number of nitrogen functional groups attached to an aromatic ring is 1. The molecule has 82 valence electrons. The van der Waals surface area contributed by atoms with E-state index in [0.717, 1.165) is 27.5 Å². The molecule has 2 N–H and O–H groups in total. The van der Waals surface area contributed by atoms with Gasteiger partial charge in [-0.3, -0.25) is 4.21 Å². The molecule has 0 heterocycles. The first-order valence-electron chi connectivity index (χ1n) is 5.10. The van der Waals surface area contributed by atoms with E-state index in [-0.39, 0.29) is 0 Å². The van der Waals surface area contributed by atoms with Crippen LogP contribution in [0.1, 0.15) is 19.3 Å². The first-order valence-corrected chi connectivity index (χ1v) is 7.21. The molecule has 1 aromatic carbocycles. The number of nitrogens with two attached hydrogens (primary N) is 1. The summed E-state index contributed by atoms with van der Waals surface area (Å²) in [6.45, 7) is 0. The topological polar surface area (TPSA) is 43.1 Å². The Balaban J connectivity index is 2.05. The Kier molecular flexibility index (Phi) is 3.46. The van der Waals surface area contributed by atoms with E-state index >= 15 is 0 Å². The molecule has 4 heteroatoms. The average molecular weight is 288 g/mol. The van der Waals surface area contributed by atoms with Gasteiger partial charge in [0.25, 0.3) is 0 Å². The highest BCUT2D eigenvalue weighted by Crippen LogP contribution is 2.33. The Bertz CT molecular complexity index is 390. The van der Waals surface area contributed by atoms with Gasteiger partial charge in [-0.25, -0.2) is 0 Å². The van der Waals surface area contributed by atoms with E-state index in [9.17, 15) is 4.21 Å². The molecular formula is C11H14BrNOS. The van der Waals surface area contributed by atoms with Gasteiger partial charge in [0.2, 0.25) is 0 Å². The second-order valence-corrected chi connectivity index (χ2v) is 6.42. The van der Waals surface area contributed by atoms with Gasteiger partial charge >= 0.3 is 0 Å². The molecule has 0 aromatic heterocycles. The summed E-state index contributed by atoms with van der Waals surface area (Å²) in [5, 5.41) is 0. The second kappa shape index (κ2) is 4.66. The Labute approximate surface area is 101 Å². The molecule has 1 unspecified atom stereocenters. The Morgan fingerprint density at radius 1 is 1.47 bits per heavy atom. The number of hydrogen-bond acceptors (Lipinski definition) is 2. The zero-order valence-corrected chi connectivity index (χ0v) is 10.8. The Morgan fingerprint density at radius 3 is 2.87 bits per heavy atom. The first kappa shape index (κ1) is 11.1. The fourth-order valence-electron chi connectivity index (χ4n) is 1.50. The monoisotopic (exact) mass is 287 g/mol. The maximum absolute atomic E-state index is 12.0. The number of benzene rings is 1. The third-order valence-corrected chi connectivity index (χ3v) is 4.57. The van der Waals surface area contributed by atoms with Crippen molar-refractivity contribution in [2.45, 2.75) is 24.2 Å². The van der Waals surface area contributed by atoms with Gasteiger partial charge in [0, 0.05) is 15.9 Å². The molecule has 1 aromatic rings. The van der Waals surface area contributed by atoms with E-state index in [2.05, 4.69) is 15.9 Å². The van der Waals surface area contributed by atoms with Crippen molar-refractivity contribution in [1.82, 2.24) is 0 Å². The molecule has 1 atom stereocenters. The lowest BCUT2D eigenvalue weighted by Gasteiger charge is -2.05. The van der Waals surface area contributed by atoms with Crippen LogP contribution in [-0.2, 0) is 10.8 Å². The SMILES string of the molecule is Nc1ccc(Br)cc1S(=O)CCC1CC1. The number of hydrogen-bond donors (Lipinski definition) is 1. The maximum Gasteiger partial charge on any atom is 0.0628 e.